The lowest BCUT2D eigenvalue weighted by Crippen LogP contribution is -2.03. The topological polar surface area (TPSA) is 9.23 Å². The third-order valence-corrected chi connectivity index (χ3v) is 3.39. The first kappa shape index (κ1) is 11.8. The van der Waals surface area contributed by atoms with Crippen molar-refractivity contribution in [3.8, 4) is 5.75 Å². The predicted octanol–water partition coefficient (Wildman–Crippen LogP) is 4.52. The molecule has 16 heavy (non-hydrogen) atoms. The molecule has 1 aliphatic carbocycles. The maximum Gasteiger partial charge on any atom is 0.126 e. The van der Waals surface area contributed by atoms with Gasteiger partial charge in [-0.3, -0.25) is 0 Å². The van der Waals surface area contributed by atoms with Crippen LogP contribution in [0.25, 0.3) is 5.57 Å². The molecule has 2 rings (SSSR count). The first-order valence-electron chi connectivity index (χ1n) is 5.39. The van der Waals surface area contributed by atoms with Gasteiger partial charge in [0, 0.05) is 10.6 Å². The molecule has 0 fully saturated rings. The first-order chi connectivity index (χ1) is 7.70. The van der Waals surface area contributed by atoms with E-state index in [1.807, 2.05) is 18.2 Å². The molecule has 0 aromatic heterocycles. The first-order valence-corrected chi connectivity index (χ1v) is 6.21. The summed E-state index contributed by atoms with van der Waals surface area (Å²) in [7, 11) is 1.67. The number of halogens is 2. The zero-order valence-corrected chi connectivity index (χ0v) is 10.7. The minimum atomic E-state index is 0.132. The van der Waals surface area contributed by atoms with Gasteiger partial charge >= 0.3 is 0 Å². The average molecular weight is 257 g/mol. The minimum Gasteiger partial charge on any atom is -0.496 e. The van der Waals surface area contributed by atoms with Gasteiger partial charge in [0.1, 0.15) is 5.75 Å². The zero-order valence-electron chi connectivity index (χ0n) is 9.17. The number of rotatable bonds is 2. The second kappa shape index (κ2) is 5.11. The Morgan fingerprint density at radius 3 is 2.88 bits per heavy atom. The summed E-state index contributed by atoms with van der Waals surface area (Å²) in [5.41, 5.74) is 2.31. The van der Waals surface area contributed by atoms with Crippen molar-refractivity contribution in [3.05, 3.63) is 34.9 Å². The quantitative estimate of drug-likeness (QED) is 0.707. The highest BCUT2D eigenvalue weighted by atomic mass is 35.5. The maximum absolute atomic E-state index is 6.15. The van der Waals surface area contributed by atoms with Gasteiger partial charge in [-0.05, 0) is 43.0 Å². The van der Waals surface area contributed by atoms with Gasteiger partial charge in [0.15, 0.2) is 0 Å². The smallest absolute Gasteiger partial charge is 0.126 e. The third kappa shape index (κ3) is 2.53. The lowest BCUT2D eigenvalue weighted by Gasteiger charge is -2.18. The molecule has 0 aliphatic heterocycles. The Morgan fingerprint density at radius 2 is 2.19 bits per heavy atom. The highest BCUT2D eigenvalue weighted by Gasteiger charge is 2.15. The molecule has 0 bridgehead atoms. The summed E-state index contributed by atoms with van der Waals surface area (Å²) in [6, 6.07) is 5.68. The largest absolute Gasteiger partial charge is 0.496 e. The second-order valence-electron chi connectivity index (χ2n) is 3.94. The fraction of sp³-hybridized carbons (Fsp3) is 0.385. The van der Waals surface area contributed by atoms with E-state index in [0.29, 0.717) is 0 Å². The minimum absolute atomic E-state index is 0.132. The van der Waals surface area contributed by atoms with Crippen LogP contribution in [0.2, 0.25) is 5.02 Å². The van der Waals surface area contributed by atoms with Crippen LogP contribution in [-0.4, -0.2) is 12.5 Å². The zero-order chi connectivity index (χ0) is 11.5. The molecule has 1 atom stereocenters. The third-order valence-electron chi connectivity index (χ3n) is 2.82. The highest BCUT2D eigenvalue weighted by Crippen LogP contribution is 2.35. The summed E-state index contributed by atoms with van der Waals surface area (Å²) in [5.74, 6) is 0.862. The Balaban J connectivity index is 2.41. The Bertz CT molecular complexity index is 412. The van der Waals surface area contributed by atoms with Gasteiger partial charge in [-0.15, -0.1) is 11.6 Å². The molecule has 3 heteroatoms. The van der Waals surface area contributed by atoms with Crippen LogP contribution in [-0.2, 0) is 0 Å². The molecule has 0 amide bonds. The monoisotopic (exact) mass is 256 g/mol. The second-order valence-corrected chi connectivity index (χ2v) is 4.94. The summed E-state index contributed by atoms with van der Waals surface area (Å²) >= 11 is 12.2. The molecule has 0 heterocycles. The van der Waals surface area contributed by atoms with Crippen LogP contribution in [0, 0.1) is 0 Å². The fourth-order valence-corrected chi connectivity index (χ4v) is 2.51. The van der Waals surface area contributed by atoms with Crippen molar-refractivity contribution in [2.75, 3.05) is 7.11 Å². The SMILES string of the molecule is COc1ccc(Cl)cc1C1=CC(Cl)CCC1. The summed E-state index contributed by atoms with van der Waals surface area (Å²) < 4.78 is 5.35. The number of hydrogen-bond donors (Lipinski definition) is 0. The molecule has 1 unspecified atom stereocenters. The average Bonchev–Trinajstić information content (AvgIpc) is 2.29. The molecular weight excluding hydrogens is 243 g/mol. The van der Waals surface area contributed by atoms with Crippen LogP contribution in [0.5, 0.6) is 5.75 Å². The van der Waals surface area contributed by atoms with Crippen molar-refractivity contribution >= 4 is 28.8 Å². The molecule has 0 N–H and O–H groups in total. The predicted molar refractivity (Wildman–Crippen MR) is 69.5 cm³/mol. The standard InChI is InChI=1S/C13H14Cl2O/c1-16-13-6-5-11(15)8-12(13)9-3-2-4-10(14)7-9/h5-8,10H,2-4H2,1H3. The van der Waals surface area contributed by atoms with Crippen molar-refractivity contribution < 1.29 is 4.74 Å². The number of ether oxygens (including phenoxy) is 1. The van der Waals surface area contributed by atoms with Crippen molar-refractivity contribution in [2.45, 2.75) is 24.6 Å². The van der Waals surface area contributed by atoms with E-state index >= 15 is 0 Å². The van der Waals surface area contributed by atoms with Crippen molar-refractivity contribution in [3.63, 3.8) is 0 Å². The molecule has 1 aliphatic rings. The van der Waals surface area contributed by atoms with Gasteiger partial charge in [0.2, 0.25) is 0 Å². The van der Waals surface area contributed by atoms with E-state index in [0.717, 1.165) is 35.6 Å². The van der Waals surface area contributed by atoms with Crippen molar-refractivity contribution in [2.24, 2.45) is 0 Å². The summed E-state index contributed by atoms with van der Waals surface area (Å²) in [4.78, 5) is 0. The Labute approximate surface area is 106 Å². The van der Waals surface area contributed by atoms with Crippen molar-refractivity contribution in [1.29, 1.82) is 0 Å². The van der Waals surface area contributed by atoms with E-state index in [1.165, 1.54) is 5.57 Å². The Kier molecular flexibility index (Phi) is 3.78. The normalized spacial score (nSPS) is 20.4. The Morgan fingerprint density at radius 1 is 1.38 bits per heavy atom. The van der Waals surface area contributed by atoms with E-state index in [9.17, 15) is 0 Å². The van der Waals surface area contributed by atoms with E-state index in [1.54, 1.807) is 7.11 Å². The number of allylic oxidation sites excluding steroid dienone is 2. The van der Waals surface area contributed by atoms with Gasteiger partial charge in [-0.1, -0.05) is 17.7 Å². The maximum atomic E-state index is 6.15. The highest BCUT2D eigenvalue weighted by molar-refractivity contribution is 6.30. The molecule has 0 saturated heterocycles. The molecular formula is C13H14Cl2O. The van der Waals surface area contributed by atoms with E-state index < -0.39 is 0 Å². The van der Waals surface area contributed by atoms with Crippen LogP contribution in [0.3, 0.4) is 0 Å². The van der Waals surface area contributed by atoms with Crippen LogP contribution < -0.4 is 4.74 Å². The summed E-state index contributed by atoms with van der Waals surface area (Å²) in [6.45, 7) is 0. The molecule has 0 saturated carbocycles. The molecule has 1 aromatic carbocycles. The number of methoxy groups -OCH3 is 1. The Hall–Kier alpha value is -0.660. The number of hydrogen-bond acceptors (Lipinski definition) is 1. The van der Waals surface area contributed by atoms with E-state index in [-0.39, 0.29) is 5.38 Å². The molecule has 86 valence electrons. The van der Waals surface area contributed by atoms with E-state index in [4.69, 9.17) is 27.9 Å². The summed E-state index contributed by atoms with van der Waals surface area (Å²) in [6.07, 6.45) is 5.32. The van der Waals surface area contributed by atoms with E-state index in [2.05, 4.69) is 6.08 Å². The van der Waals surface area contributed by atoms with Crippen LogP contribution in [0.1, 0.15) is 24.8 Å². The lowest BCUT2D eigenvalue weighted by molar-refractivity contribution is 0.413. The van der Waals surface area contributed by atoms with Gasteiger partial charge in [-0.2, -0.15) is 0 Å². The molecule has 0 radical (unpaired) electrons. The van der Waals surface area contributed by atoms with Crippen molar-refractivity contribution in [1.82, 2.24) is 0 Å². The summed E-state index contributed by atoms with van der Waals surface area (Å²) in [5, 5.41) is 0.862. The number of alkyl halides is 1. The van der Waals surface area contributed by atoms with Crippen LogP contribution in [0.4, 0.5) is 0 Å². The molecule has 0 spiro atoms. The lowest BCUT2D eigenvalue weighted by atomic mass is 9.93. The molecule has 1 aromatic rings. The number of benzene rings is 1. The van der Waals surface area contributed by atoms with Gasteiger partial charge in [0.05, 0.1) is 12.5 Å². The van der Waals surface area contributed by atoms with Gasteiger partial charge in [0.25, 0.3) is 0 Å². The van der Waals surface area contributed by atoms with Crippen LogP contribution in [0.15, 0.2) is 24.3 Å². The van der Waals surface area contributed by atoms with Gasteiger partial charge in [-0.25, -0.2) is 0 Å². The molecule has 1 nitrogen and oxygen atoms in total. The fourth-order valence-electron chi connectivity index (χ4n) is 2.03. The van der Waals surface area contributed by atoms with Gasteiger partial charge < -0.3 is 4.74 Å². The van der Waals surface area contributed by atoms with Crippen LogP contribution >= 0.6 is 23.2 Å².